The molecule has 0 amide bonds. The minimum absolute atomic E-state index is 0.0901. The maximum Gasteiger partial charge on any atom is 0.306 e. The van der Waals surface area contributed by atoms with E-state index < -0.39 is 6.10 Å². The Morgan fingerprint density at radius 1 is 0.274 bits per heavy atom. The summed E-state index contributed by atoms with van der Waals surface area (Å²) in [6.45, 7) is 6.57. The Morgan fingerprint density at radius 3 is 0.822 bits per heavy atom. The zero-order valence-electron chi connectivity index (χ0n) is 48.1. The van der Waals surface area contributed by atoms with Crippen molar-refractivity contribution in [3.8, 4) is 0 Å². The third kappa shape index (κ3) is 59.3. The number of carbonyl (C=O) groups is 3. The number of hydrogen-bond acceptors (Lipinski definition) is 6. The molecule has 0 bridgehead atoms. The van der Waals surface area contributed by atoms with Crippen molar-refractivity contribution in [2.75, 3.05) is 13.2 Å². The van der Waals surface area contributed by atoms with Gasteiger partial charge in [-0.2, -0.15) is 0 Å². The van der Waals surface area contributed by atoms with Gasteiger partial charge in [-0.15, -0.1) is 0 Å². The molecule has 0 radical (unpaired) electrons. The van der Waals surface area contributed by atoms with Gasteiger partial charge < -0.3 is 14.2 Å². The number of esters is 3. The van der Waals surface area contributed by atoms with Crippen LogP contribution in [0.4, 0.5) is 0 Å². The zero-order valence-corrected chi connectivity index (χ0v) is 48.1. The number of hydrogen-bond donors (Lipinski definition) is 0. The van der Waals surface area contributed by atoms with Crippen LogP contribution in [-0.2, 0) is 28.6 Å². The Bertz CT molecular complexity index is 1400. The predicted octanol–water partition coefficient (Wildman–Crippen LogP) is 21.1. The molecule has 0 unspecified atom stereocenters. The first-order chi connectivity index (χ1) is 36.0. The first kappa shape index (κ1) is 69.6. The second-order valence-corrected chi connectivity index (χ2v) is 20.6. The molecule has 0 aliphatic rings. The van der Waals surface area contributed by atoms with Crippen LogP contribution < -0.4 is 0 Å². The van der Waals surface area contributed by atoms with Crippen LogP contribution in [0.15, 0.2) is 85.1 Å². The summed E-state index contributed by atoms with van der Waals surface area (Å²) in [5, 5.41) is 0. The van der Waals surface area contributed by atoms with Gasteiger partial charge in [0.25, 0.3) is 0 Å². The fraction of sp³-hybridized carbons (Fsp3) is 0.746. The SMILES string of the molecule is CCCCC/C=C\C/C=C\C/C=C\C/C=C\CCCCCC(=O)OC[C@H](COC(=O)CCCCCCCCCCC/C=C\C/C=C\CCCCC)OC(=O)CCCCCCCCC/C=C\CCCCCCCC. The Hall–Kier alpha value is -3.41. The number of ether oxygens (including phenoxy) is 3. The van der Waals surface area contributed by atoms with Crippen molar-refractivity contribution in [2.24, 2.45) is 0 Å². The zero-order chi connectivity index (χ0) is 52.9. The molecule has 0 saturated heterocycles. The third-order valence-corrected chi connectivity index (χ3v) is 13.3. The smallest absolute Gasteiger partial charge is 0.306 e. The fourth-order valence-electron chi connectivity index (χ4n) is 8.63. The van der Waals surface area contributed by atoms with Crippen LogP contribution in [0, 0.1) is 0 Å². The number of carbonyl (C=O) groups excluding carboxylic acids is 3. The lowest BCUT2D eigenvalue weighted by Gasteiger charge is -2.18. The Morgan fingerprint density at radius 2 is 0.493 bits per heavy atom. The van der Waals surface area contributed by atoms with Gasteiger partial charge >= 0.3 is 17.9 Å². The number of allylic oxidation sites excluding steroid dienone is 14. The summed E-state index contributed by atoms with van der Waals surface area (Å²) in [5.41, 5.74) is 0. The highest BCUT2D eigenvalue weighted by molar-refractivity contribution is 5.71. The van der Waals surface area contributed by atoms with Crippen LogP contribution in [0.5, 0.6) is 0 Å². The molecule has 0 aromatic heterocycles. The molecular formula is C67H116O6. The first-order valence-electron chi connectivity index (χ1n) is 31.1. The molecule has 0 aliphatic carbocycles. The lowest BCUT2D eigenvalue weighted by molar-refractivity contribution is -0.167. The summed E-state index contributed by atoms with van der Waals surface area (Å²) in [5.74, 6) is -0.920. The second-order valence-electron chi connectivity index (χ2n) is 20.6. The van der Waals surface area contributed by atoms with Gasteiger partial charge in [-0.05, 0) is 122 Å². The maximum atomic E-state index is 12.9. The van der Waals surface area contributed by atoms with Gasteiger partial charge in [-0.25, -0.2) is 0 Å². The van der Waals surface area contributed by atoms with Gasteiger partial charge in [0.1, 0.15) is 13.2 Å². The molecular weight excluding hydrogens is 901 g/mol. The monoisotopic (exact) mass is 1020 g/mol. The predicted molar refractivity (Wildman–Crippen MR) is 316 cm³/mol. The van der Waals surface area contributed by atoms with E-state index >= 15 is 0 Å². The topological polar surface area (TPSA) is 78.9 Å². The molecule has 0 rings (SSSR count). The van der Waals surface area contributed by atoms with Crippen molar-refractivity contribution < 1.29 is 28.6 Å². The van der Waals surface area contributed by atoms with Crippen molar-refractivity contribution in [3.05, 3.63) is 85.1 Å². The van der Waals surface area contributed by atoms with Crippen molar-refractivity contribution in [1.29, 1.82) is 0 Å². The lowest BCUT2D eigenvalue weighted by atomic mass is 10.1. The van der Waals surface area contributed by atoms with E-state index in [1.165, 1.54) is 173 Å². The van der Waals surface area contributed by atoms with Gasteiger partial charge in [0.2, 0.25) is 0 Å². The van der Waals surface area contributed by atoms with Gasteiger partial charge in [0.15, 0.2) is 6.10 Å². The van der Waals surface area contributed by atoms with E-state index in [1.54, 1.807) is 0 Å². The van der Waals surface area contributed by atoms with E-state index in [-0.39, 0.29) is 31.1 Å². The van der Waals surface area contributed by atoms with Crippen LogP contribution in [0.3, 0.4) is 0 Å². The summed E-state index contributed by atoms with van der Waals surface area (Å²) in [4.78, 5) is 38.3. The molecule has 6 nitrogen and oxygen atoms in total. The third-order valence-electron chi connectivity index (χ3n) is 13.3. The van der Waals surface area contributed by atoms with E-state index in [0.717, 1.165) is 89.9 Å². The average molecular weight is 1020 g/mol. The average Bonchev–Trinajstić information content (AvgIpc) is 3.39. The standard InChI is InChI=1S/C67H116O6/c1-4-7-10-13-16-19-22-25-28-31-33-36-38-41-44-47-50-53-56-59-65(68)71-62-64(73-67(70)61-58-55-52-49-46-43-40-35-30-27-24-21-18-15-12-9-6-3)63-72-66(69)60-57-54-51-48-45-42-39-37-34-32-29-26-23-20-17-14-11-8-5-2/h16-17,19-20,25-30,33,36,41,44,64H,4-15,18,21-24,31-32,34-35,37-40,42-43,45-63H2,1-3H3/b19-16-,20-17-,28-25-,29-26-,30-27-,36-33-,44-41-/t64-/m1/s1. The minimum atomic E-state index is -0.795. The highest BCUT2D eigenvalue weighted by Gasteiger charge is 2.19. The van der Waals surface area contributed by atoms with Crippen LogP contribution >= 0.6 is 0 Å². The van der Waals surface area contributed by atoms with E-state index in [0.29, 0.717) is 19.3 Å². The van der Waals surface area contributed by atoms with Gasteiger partial charge in [0.05, 0.1) is 0 Å². The molecule has 0 fully saturated rings. The Kier molecular flexibility index (Phi) is 58.3. The molecule has 0 N–H and O–H groups in total. The molecule has 0 heterocycles. The van der Waals surface area contributed by atoms with Crippen LogP contribution in [0.25, 0.3) is 0 Å². The van der Waals surface area contributed by atoms with Gasteiger partial charge in [-0.1, -0.05) is 247 Å². The molecule has 6 heteroatoms. The number of rotatable bonds is 56. The van der Waals surface area contributed by atoms with E-state index in [4.69, 9.17) is 14.2 Å². The Balaban J connectivity index is 4.44. The van der Waals surface area contributed by atoms with E-state index in [2.05, 4.69) is 106 Å². The molecule has 0 aromatic carbocycles. The quantitative estimate of drug-likeness (QED) is 0.0261. The minimum Gasteiger partial charge on any atom is -0.462 e. The van der Waals surface area contributed by atoms with Crippen LogP contribution in [0.2, 0.25) is 0 Å². The Labute approximate surface area is 452 Å². The van der Waals surface area contributed by atoms with Crippen molar-refractivity contribution >= 4 is 17.9 Å². The molecule has 0 saturated carbocycles. The molecule has 0 aromatic rings. The summed E-state index contributed by atoms with van der Waals surface area (Å²) < 4.78 is 16.9. The van der Waals surface area contributed by atoms with Crippen LogP contribution in [0.1, 0.15) is 303 Å². The van der Waals surface area contributed by atoms with Gasteiger partial charge in [-0.3, -0.25) is 14.4 Å². The lowest BCUT2D eigenvalue weighted by Crippen LogP contribution is -2.30. The summed E-state index contributed by atoms with van der Waals surface area (Å²) in [6.07, 6.45) is 80.0. The maximum absolute atomic E-state index is 12.9. The molecule has 0 spiro atoms. The van der Waals surface area contributed by atoms with Crippen LogP contribution in [-0.4, -0.2) is 37.2 Å². The second kappa shape index (κ2) is 61.1. The van der Waals surface area contributed by atoms with E-state index in [9.17, 15) is 14.4 Å². The van der Waals surface area contributed by atoms with E-state index in [1.807, 2.05) is 0 Å². The first-order valence-corrected chi connectivity index (χ1v) is 31.1. The van der Waals surface area contributed by atoms with Crippen molar-refractivity contribution in [1.82, 2.24) is 0 Å². The molecule has 420 valence electrons. The van der Waals surface area contributed by atoms with Crippen molar-refractivity contribution in [2.45, 2.75) is 309 Å². The van der Waals surface area contributed by atoms with Crippen molar-refractivity contribution in [3.63, 3.8) is 0 Å². The summed E-state index contributed by atoms with van der Waals surface area (Å²) in [7, 11) is 0. The number of unbranched alkanes of at least 4 members (excludes halogenated alkanes) is 31. The summed E-state index contributed by atoms with van der Waals surface area (Å²) in [6, 6.07) is 0. The van der Waals surface area contributed by atoms with Gasteiger partial charge in [0, 0.05) is 19.3 Å². The largest absolute Gasteiger partial charge is 0.462 e. The highest BCUT2D eigenvalue weighted by Crippen LogP contribution is 2.15. The highest BCUT2D eigenvalue weighted by atomic mass is 16.6. The molecule has 1 atom stereocenters. The normalized spacial score (nSPS) is 12.6. The summed E-state index contributed by atoms with van der Waals surface area (Å²) >= 11 is 0. The molecule has 73 heavy (non-hydrogen) atoms. The fourth-order valence-corrected chi connectivity index (χ4v) is 8.63. The molecule has 0 aliphatic heterocycles.